The summed E-state index contributed by atoms with van der Waals surface area (Å²) in [6.07, 6.45) is 3.89. The maximum Gasteiger partial charge on any atom is 0.250 e. The third-order valence-corrected chi connectivity index (χ3v) is 5.31. The summed E-state index contributed by atoms with van der Waals surface area (Å²) in [5.74, 6) is -0.574. The van der Waals surface area contributed by atoms with Crippen LogP contribution in [-0.2, 0) is 11.2 Å². The monoisotopic (exact) mass is 430 g/mol. The van der Waals surface area contributed by atoms with E-state index >= 15 is 0 Å². The molecular formula is C20H16BrFN2OS. The lowest BCUT2D eigenvalue weighted by atomic mass is 10.1. The Labute approximate surface area is 163 Å². The standard InChI is InChI=1S/C20H16BrFN2OS/c1-2-17-19(14-6-8-15(21)9-7-14)24-20(26-17)23-18(25)12-5-13-3-10-16(22)11-4-13/h3-12H,2H2,1H3,(H,23,24,25)/b12-5+. The van der Waals surface area contributed by atoms with E-state index in [1.54, 1.807) is 18.2 Å². The third-order valence-electron chi connectivity index (χ3n) is 3.66. The Morgan fingerprint density at radius 3 is 2.54 bits per heavy atom. The Bertz CT molecular complexity index is 933. The maximum atomic E-state index is 12.9. The first-order valence-corrected chi connectivity index (χ1v) is 9.66. The number of anilines is 1. The first-order chi connectivity index (χ1) is 12.5. The van der Waals surface area contributed by atoms with Crippen LogP contribution < -0.4 is 5.32 Å². The molecule has 1 N–H and O–H groups in total. The van der Waals surface area contributed by atoms with Gasteiger partial charge in [0.25, 0.3) is 0 Å². The van der Waals surface area contributed by atoms with Crippen molar-refractivity contribution in [2.75, 3.05) is 5.32 Å². The zero-order chi connectivity index (χ0) is 18.5. The average Bonchev–Trinajstić information content (AvgIpc) is 3.04. The second kappa shape index (κ2) is 8.38. The average molecular weight is 431 g/mol. The summed E-state index contributed by atoms with van der Waals surface area (Å²) in [5.41, 5.74) is 2.66. The van der Waals surface area contributed by atoms with E-state index in [0.717, 1.165) is 32.6 Å². The summed E-state index contributed by atoms with van der Waals surface area (Å²) >= 11 is 4.90. The number of aromatic nitrogens is 1. The second-order valence-corrected chi connectivity index (χ2v) is 7.52. The molecule has 0 unspecified atom stereocenters. The van der Waals surface area contributed by atoms with Gasteiger partial charge in [0.05, 0.1) is 5.69 Å². The molecule has 2 aromatic carbocycles. The zero-order valence-electron chi connectivity index (χ0n) is 14.0. The van der Waals surface area contributed by atoms with Gasteiger partial charge in [0, 0.05) is 21.0 Å². The molecule has 0 fully saturated rings. The highest BCUT2D eigenvalue weighted by Crippen LogP contribution is 2.32. The number of rotatable bonds is 5. The van der Waals surface area contributed by atoms with Gasteiger partial charge in [0.1, 0.15) is 5.82 Å². The lowest BCUT2D eigenvalue weighted by Crippen LogP contribution is -2.07. The van der Waals surface area contributed by atoms with E-state index in [1.165, 1.54) is 29.5 Å². The molecule has 0 aliphatic carbocycles. The Hall–Kier alpha value is -2.31. The van der Waals surface area contributed by atoms with E-state index in [-0.39, 0.29) is 11.7 Å². The van der Waals surface area contributed by atoms with Crippen LogP contribution >= 0.6 is 27.3 Å². The molecule has 0 saturated heterocycles. The van der Waals surface area contributed by atoms with Crippen LogP contribution in [0.5, 0.6) is 0 Å². The van der Waals surface area contributed by atoms with E-state index in [2.05, 4.69) is 33.2 Å². The fourth-order valence-corrected chi connectivity index (χ4v) is 3.56. The van der Waals surface area contributed by atoms with Crippen molar-refractivity contribution in [3.8, 4) is 11.3 Å². The van der Waals surface area contributed by atoms with Crippen LogP contribution in [0.4, 0.5) is 9.52 Å². The van der Waals surface area contributed by atoms with Gasteiger partial charge in [-0.1, -0.05) is 47.1 Å². The molecule has 3 aromatic rings. The van der Waals surface area contributed by atoms with Gasteiger partial charge < -0.3 is 0 Å². The van der Waals surface area contributed by atoms with Gasteiger partial charge in [-0.2, -0.15) is 0 Å². The summed E-state index contributed by atoms with van der Waals surface area (Å²) in [7, 11) is 0. The van der Waals surface area contributed by atoms with Gasteiger partial charge in [-0.25, -0.2) is 9.37 Å². The Balaban J connectivity index is 1.74. The van der Waals surface area contributed by atoms with Crippen molar-refractivity contribution >= 4 is 44.4 Å². The highest BCUT2D eigenvalue weighted by atomic mass is 79.9. The predicted octanol–water partition coefficient (Wildman–Crippen LogP) is 5.93. The zero-order valence-corrected chi connectivity index (χ0v) is 16.4. The molecule has 6 heteroatoms. The van der Waals surface area contributed by atoms with Crippen LogP contribution in [0.3, 0.4) is 0 Å². The normalized spacial score (nSPS) is 11.0. The van der Waals surface area contributed by atoms with Gasteiger partial charge in [-0.15, -0.1) is 11.3 Å². The minimum atomic E-state index is -0.304. The molecule has 0 aliphatic rings. The fraction of sp³-hybridized carbons (Fsp3) is 0.100. The molecule has 0 radical (unpaired) electrons. The molecule has 0 spiro atoms. The molecule has 3 nitrogen and oxygen atoms in total. The molecule has 0 bridgehead atoms. The molecular weight excluding hydrogens is 415 g/mol. The number of nitrogens with zero attached hydrogens (tertiary/aromatic N) is 1. The predicted molar refractivity (Wildman–Crippen MR) is 109 cm³/mol. The molecule has 132 valence electrons. The van der Waals surface area contributed by atoms with Crippen LogP contribution in [0.2, 0.25) is 0 Å². The topological polar surface area (TPSA) is 42.0 Å². The second-order valence-electron chi connectivity index (χ2n) is 5.53. The molecule has 1 aromatic heterocycles. The summed E-state index contributed by atoms with van der Waals surface area (Å²) in [4.78, 5) is 17.8. The van der Waals surface area contributed by atoms with Gasteiger partial charge in [0.2, 0.25) is 5.91 Å². The highest BCUT2D eigenvalue weighted by Gasteiger charge is 2.13. The van der Waals surface area contributed by atoms with Gasteiger partial charge in [-0.3, -0.25) is 10.1 Å². The number of carbonyl (C=O) groups excluding carboxylic acids is 1. The van der Waals surface area contributed by atoms with E-state index in [1.807, 2.05) is 24.3 Å². The van der Waals surface area contributed by atoms with Crippen molar-refractivity contribution in [2.45, 2.75) is 13.3 Å². The van der Waals surface area contributed by atoms with Crippen LogP contribution in [0.1, 0.15) is 17.4 Å². The number of benzene rings is 2. The number of thiazole rings is 1. The lowest BCUT2D eigenvalue weighted by Gasteiger charge is -2.00. The summed E-state index contributed by atoms with van der Waals surface area (Å²) < 4.78 is 13.9. The van der Waals surface area contributed by atoms with E-state index in [4.69, 9.17) is 0 Å². The minimum Gasteiger partial charge on any atom is -0.298 e. The highest BCUT2D eigenvalue weighted by molar-refractivity contribution is 9.10. The largest absolute Gasteiger partial charge is 0.298 e. The molecule has 1 amide bonds. The third kappa shape index (κ3) is 4.65. The number of amides is 1. The first kappa shape index (κ1) is 18.5. The smallest absolute Gasteiger partial charge is 0.250 e. The van der Waals surface area contributed by atoms with Crippen LogP contribution in [0.25, 0.3) is 17.3 Å². The van der Waals surface area contributed by atoms with E-state index in [0.29, 0.717) is 5.13 Å². The molecule has 26 heavy (non-hydrogen) atoms. The fourth-order valence-electron chi connectivity index (χ4n) is 2.37. The van der Waals surface area contributed by atoms with Gasteiger partial charge in [0.15, 0.2) is 5.13 Å². The summed E-state index contributed by atoms with van der Waals surface area (Å²) in [6, 6.07) is 13.9. The number of halogens is 2. The Morgan fingerprint density at radius 2 is 1.88 bits per heavy atom. The van der Waals surface area contributed by atoms with Crippen LogP contribution in [-0.4, -0.2) is 10.9 Å². The number of hydrogen-bond acceptors (Lipinski definition) is 3. The minimum absolute atomic E-state index is 0.270. The Morgan fingerprint density at radius 1 is 1.19 bits per heavy atom. The van der Waals surface area contributed by atoms with Crippen LogP contribution in [0.15, 0.2) is 59.1 Å². The number of nitrogens with one attached hydrogen (secondary N) is 1. The van der Waals surface area contributed by atoms with Crippen LogP contribution in [0, 0.1) is 5.82 Å². The Kier molecular flexibility index (Phi) is 5.96. The SMILES string of the molecule is CCc1sc(NC(=O)/C=C/c2ccc(F)cc2)nc1-c1ccc(Br)cc1. The maximum absolute atomic E-state index is 12.9. The van der Waals surface area contributed by atoms with Crippen molar-refractivity contribution in [1.29, 1.82) is 0 Å². The molecule has 0 atom stereocenters. The molecule has 1 heterocycles. The first-order valence-electron chi connectivity index (χ1n) is 8.05. The number of carbonyl (C=O) groups is 1. The van der Waals surface area contributed by atoms with Gasteiger partial charge in [-0.05, 0) is 42.3 Å². The van der Waals surface area contributed by atoms with Gasteiger partial charge >= 0.3 is 0 Å². The number of hydrogen-bond donors (Lipinski definition) is 1. The molecule has 0 aliphatic heterocycles. The van der Waals surface area contributed by atoms with Crippen molar-refractivity contribution in [2.24, 2.45) is 0 Å². The molecule has 0 saturated carbocycles. The number of aryl methyl sites for hydroxylation is 1. The quantitative estimate of drug-likeness (QED) is 0.509. The van der Waals surface area contributed by atoms with Crippen molar-refractivity contribution in [3.05, 3.63) is 75.3 Å². The van der Waals surface area contributed by atoms with Crippen molar-refractivity contribution in [3.63, 3.8) is 0 Å². The summed E-state index contributed by atoms with van der Waals surface area (Å²) in [6.45, 7) is 2.07. The summed E-state index contributed by atoms with van der Waals surface area (Å²) in [5, 5.41) is 3.36. The lowest BCUT2D eigenvalue weighted by molar-refractivity contribution is -0.111. The van der Waals surface area contributed by atoms with E-state index in [9.17, 15) is 9.18 Å². The van der Waals surface area contributed by atoms with Crippen molar-refractivity contribution < 1.29 is 9.18 Å². The van der Waals surface area contributed by atoms with Crippen molar-refractivity contribution in [1.82, 2.24) is 4.98 Å². The molecule has 3 rings (SSSR count). The van der Waals surface area contributed by atoms with E-state index < -0.39 is 0 Å².